The van der Waals surface area contributed by atoms with Crippen LogP contribution in [0.2, 0.25) is 0 Å². The van der Waals surface area contributed by atoms with Crippen molar-refractivity contribution in [3.8, 4) is 0 Å². The Kier molecular flexibility index (Phi) is 33.9. The number of carbonyl (C=O) groups excluding carboxylic acids is 2. The average molecular weight is 710 g/mol. The highest BCUT2D eigenvalue weighted by Crippen LogP contribution is 2.43. The highest BCUT2D eigenvalue weighted by Gasteiger charge is 2.25. The van der Waals surface area contributed by atoms with E-state index in [-0.39, 0.29) is 32.6 Å². The Morgan fingerprint density at radius 2 is 1.12 bits per heavy atom. The second kappa shape index (κ2) is 35.5. The lowest BCUT2D eigenvalue weighted by Gasteiger charge is -2.19. The highest BCUT2D eigenvalue weighted by molar-refractivity contribution is 7.47. The molecule has 0 aromatic rings. The van der Waals surface area contributed by atoms with Crippen molar-refractivity contribution in [2.45, 2.75) is 148 Å². The van der Waals surface area contributed by atoms with Crippen molar-refractivity contribution in [2.75, 3.05) is 26.4 Å². The monoisotopic (exact) mass is 709 g/mol. The van der Waals surface area contributed by atoms with Gasteiger partial charge in [-0.05, 0) is 77.0 Å². The molecule has 0 amide bonds. The Morgan fingerprint density at radius 3 is 1.73 bits per heavy atom. The zero-order valence-corrected chi connectivity index (χ0v) is 31.5. The fourth-order valence-electron chi connectivity index (χ4n) is 4.62. The van der Waals surface area contributed by atoms with E-state index in [2.05, 4.69) is 74.6 Å². The van der Waals surface area contributed by atoms with Gasteiger partial charge in [0.15, 0.2) is 6.10 Å². The van der Waals surface area contributed by atoms with Crippen LogP contribution in [0.4, 0.5) is 0 Å². The molecule has 0 saturated carbocycles. The Bertz CT molecular complexity index is 992. The second-order valence-electron chi connectivity index (χ2n) is 12.1. The van der Waals surface area contributed by atoms with Crippen molar-refractivity contribution in [2.24, 2.45) is 5.73 Å². The smallest absolute Gasteiger partial charge is 0.462 e. The molecule has 0 spiro atoms. The van der Waals surface area contributed by atoms with Crippen molar-refractivity contribution in [3.05, 3.63) is 60.8 Å². The molecule has 0 aliphatic rings. The number of rotatable bonds is 34. The molecule has 0 aliphatic carbocycles. The number of phosphoric acid groups is 1. The van der Waals surface area contributed by atoms with Gasteiger partial charge in [-0.2, -0.15) is 0 Å². The zero-order chi connectivity index (χ0) is 36.1. The molecule has 0 fully saturated rings. The van der Waals surface area contributed by atoms with Crippen LogP contribution in [0.15, 0.2) is 60.8 Å². The minimum Gasteiger partial charge on any atom is -0.462 e. The normalized spacial score (nSPS) is 14.1. The highest BCUT2D eigenvalue weighted by atomic mass is 31.2. The summed E-state index contributed by atoms with van der Waals surface area (Å²) in [5.74, 6) is -0.904. The summed E-state index contributed by atoms with van der Waals surface area (Å²) in [5.41, 5.74) is 5.32. The molecule has 0 aromatic heterocycles. The van der Waals surface area contributed by atoms with E-state index < -0.39 is 32.5 Å². The summed E-state index contributed by atoms with van der Waals surface area (Å²) in [5, 5.41) is 0. The zero-order valence-electron chi connectivity index (χ0n) is 30.7. The molecule has 282 valence electrons. The van der Waals surface area contributed by atoms with Crippen LogP contribution in [-0.4, -0.2) is 49.3 Å². The van der Waals surface area contributed by atoms with E-state index in [0.717, 1.165) is 64.2 Å². The minimum atomic E-state index is -4.39. The first-order valence-electron chi connectivity index (χ1n) is 18.8. The van der Waals surface area contributed by atoms with Crippen LogP contribution in [0.3, 0.4) is 0 Å². The molecule has 0 bridgehead atoms. The summed E-state index contributed by atoms with van der Waals surface area (Å²) in [7, 11) is -4.39. The quantitative estimate of drug-likeness (QED) is 0.0290. The van der Waals surface area contributed by atoms with E-state index in [1.165, 1.54) is 38.5 Å². The van der Waals surface area contributed by atoms with Crippen LogP contribution in [-0.2, 0) is 32.7 Å². The summed E-state index contributed by atoms with van der Waals surface area (Å²) >= 11 is 0. The van der Waals surface area contributed by atoms with Gasteiger partial charge in [-0.15, -0.1) is 0 Å². The molecule has 0 radical (unpaired) electrons. The van der Waals surface area contributed by atoms with Crippen LogP contribution in [0, 0.1) is 0 Å². The van der Waals surface area contributed by atoms with Crippen molar-refractivity contribution in [3.63, 3.8) is 0 Å². The summed E-state index contributed by atoms with van der Waals surface area (Å²) in [6.45, 7) is 3.51. The number of allylic oxidation sites excluding steroid dienone is 10. The maximum absolute atomic E-state index is 12.5. The second-order valence-corrected chi connectivity index (χ2v) is 13.5. The fraction of sp³-hybridized carbons (Fsp3) is 0.692. The van der Waals surface area contributed by atoms with E-state index in [9.17, 15) is 19.0 Å². The predicted octanol–water partition coefficient (Wildman–Crippen LogP) is 10.2. The van der Waals surface area contributed by atoms with Gasteiger partial charge in [-0.1, -0.05) is 113 Å². The van der Waals surface area contributed by atoms with E-state index in [4.69, 9.17) is 24.3 Å². The Morgan fingerprint density at radius 1 is 0.633 bits per heavy atom. The number of hydrogen-bond acceptors (Lipinski definition) is 8. The number of carbonyl (C=O) groups is 2. The van der Waals surface area contributed by atoms with E-state index >= 15 is 0 Å². The fourth-order valence-corrected chi connectivity index (χ4v) is 5.38. The van der Waals surface area contributed by atoms with E-state index in [1.807, 2.05) is 0 Å². The molecule has 49 heavy (non-hydrogen) atoms. The standard InChI is InChI=1S/C39H68NO8P/c1-3-5-7-9-11-13-15-17-18-20-22-24-26-28-30-32-39(42)48-37(36-47-49(43,44)46-34-33-40)35-45-38(41)31-29-27-25-23-21-19-16-14-12-10-8-6-4-2/h5,7,11,13,17-19,21-22,24,37H,3-4,6,8-10,12,14-16,20,23,25-36,40H2,1-2H3,(H,43,44)/b7-5+,13-11+,18-17+,21-19+,24-22+/t37-/m1/s1. The third-order valence-electron chi connectivity index (χ3n) is 7.39. The third kappa shape index (κ3) is 35.3. The molecule has 3 N–H and O–H groups in total. The van der Waals surface area contributed by atoms with Gasteiger partial charge in [0.25, 0.3) is 0 Å². The number of nitrogens with two attached hydrogens (primary N) is 1. The number of phosphoric ester groups is 1. The Labute approximate surface area is 298 Å². The number of esters is 2. The Hall–Kier alpha value is -2.29. The molecule has 1 unspecified atom stereocenters. The first kappa shape index (κ1) is 46.7. The number of ether oxygens (including phenoxy) is 2. The minimum absolute atomic E-state index is 0.0420. The molecule has 0 rings (SSSR count). The number of hydrogen-bond donors (Lipinski definition) is 2. The topological polar surface area (TPSA) is 134 Å². The van der Waals surface area contributed by atoms with Gasteiger partial charge in [0.05, 0.1) is 13.2 Å². The Balaban J connectivity index is 4.35. The van der Waals surface area contributed by atoms with Gasteiger partial charge in [-0.3, -0.25) is 18.6 Å². The van der Waals surface area contributed by atoms with Crippen molar-refractivity contribution in [1.82, 2.24) is 0 Å². The molecule has 0 aliphatic heterocycles. The molecular formula is C39H68NO8P. The van der Waals surface area contributed by atoms with Gasteiger partial charge < -0.3 is 20.1 Å². The molecule has 10 heteroatoms. The van der Waals surface area contributed by atoms with Crippen molar-refractivity contribution >= 4 is 19.8 Å². The molecule has 0 heterocycles. The van der Waals surface area contributed by atoms with Crippen LogP contribution in [0.5, 0.6) is 0 Å². The molecule has 0 aromatic carbocycles. The summed E-state index contributed by atoms with van der Waals surface area (Å²) < 4.78 is 32.6. The predicted molar refractivity (Wildman–Crippen MR) is 201 cm³/mol. The number of unbranched alkanes of at least 4 members (excludes halogenated alkanes) is 11. The SMILES string of the molecule is CC/C=C/C/C=C/C/C=C/C/C=C/CCCCC(=O)O[C@H](COC(=O)CCCCC/C=C/CCCCCCCC)COP(=O)(O)OCCN. The summed E-state index contributed by atoms with van der Waals surface area (Å²) in [6.07, 6.45) is 39.7. The molecule has 9 nitrogen and oxygen atoms in total. The van der Waals surface area contributed by atoms with Crippen LogP contribution in [0.25, 0.3) is 0 Å². The first-order chi connectivity index (χ1) is 23.8. The van der Waals surface area contributed by atoms with Crippen LogP contribution >= 0.6 is 7.82 Å². The lowest BCUT2D eigenvalue weighted by Crippen LogP contribution is -2.29. The van der Waals surface area contributed by atoms with E-state index in [0.29, 0.717) is 12.8 Å². The summed E-state index contributed by atoms with van der Waals surface area (Å²) in [6, 6.07) is 0. The lowest BCUT2D eigenvalue weighted by molar-refractivity contribution is -0.161. The van der Waals surface area contributed by atoms with Gasteiger partial charge in [0.1, 0.15) is 6.61 Å². The maximum Gasteiger partial charge on any atom is 0.472 e. The maximum atomic E-state index is 12.5. The van der Waals surface area contributed by atoms with Crippen LogP contribution < -0.4 is 5.73 Å². The van der Waals surface area contributed by atoms with Gasteiger partial charge in [0.2, 0.25) is 0 Å². The molecule has 2 atom stereocenters. The molecular weight excluding hydrogens is 641 g/mol. The average Bonchev–Trinajstić information content (AvgIpc) is 3.08. The lowest BCUT2D eigenvalue weighted by atomic mass is 10.1. The first-order valence-corrected chi connectivity index (χ1v) is 20.3. The largest absolute Gasteiger partial charge is 0.472 e. The van der Waals surface area contributed by atoms with Gasteiger partial charge in [-0.25, -0.2) is 4.57 Å². The molecule has 0 saturated heterocycles. The van der Waals surface area contributed by atoms with Gasteiger partial charge in [0, 0.05) is 19.4 Å². The van der Waals surface area contributed by atoms with Gasteiger partial charge >= 0.3 is 19.8 Å². The van der Waals surface area contributed by atoms with E-state index in [1.54, 1.807) is 0 Å². The van der Waals surface area contributed by atoms with Crippen LogP contribution in [0.1, 0.15) is 142 Å². The third-order valence-corrected chi connectivity index (χ3v) is 8.37. The summed E-state index contributed by atoms with van der Waals surface area (Å²) in [4.78, 5) is 34.7. The van der Waals surface area contributed by atoms with Crippen molar-refractivity contribution in [1.29, 1.82) is 0 Å². The van der Waals surface area contributed by atoms with Crippen molar-refractivity contribution < 1.29 is 37.6 Å².